The van der Waals surface area contributed by atoms with Crippen molar-refractivity contribution in [3.05, 3.63) is 70.8 Å². The Morgan fingerprint density at radius 2 is 1.84 bits per heavy atom. The average Bonchev–Trinajstić information content (AvgIpc) is 2.33. The topological polar surface area (TPSA) is 17.1 Å². The van der Waals surface area contributed by atoms with Crippen LogP contribution in [0, 0.1) is 18.6 Å². The van der Waals surface area contributed by atoms with Crippen molar-refractivity contribution in [3.8, 4) is 0 Å². The van der Waals surface area contributed by atoms with E-state index in [0.717, 1.165) is 17.2 Å². The maximum atomic E-state index is 13.4. The van der Waals surface area contributed by atoms with Gasteiger partial charge < -0.3 is 0 Å². The van der Waals surface area contributed by atoms with Gasteiger partial charge in [-0.2, -0.15) is 0 Å². The molecule has 0 aromatic heterocycles. The highest BCUT2D eigenvalue weighted by molar-refractivity contribution is 5.83. The van der Waals surface area contributed by atoms with Crippen molar-refractivity contribution in [3.63, 3.8) is 0 Å². The van der Waals surface area contributed by atoms with Crippen molar-refractivity contribution in [1.29, 1.82) is 0 Å². The lowest BCUT2D eigenvalue weighted by atomic mass is 10.0. The highest BCUT2D eigenvalue weighted by atomic mass is 19.1. The number of rotatable bonds is 4. The molecule has 0 heterocycles. The van der Waals surface area contributed by atoms with Gasteiger partial charge in [0.05, 0.1) is 0 Å². The predicted molar refractivity (Wildman–Crippen MR) is 70.0 cm³/mol. The summed E-state index contributed by atoms with van der Waals surface area (Å²) in [4.78, 5) is 11.9. The molecule has 19 heavy (non-hydrogen) atoms. The molecule has 0 unspecified atom stereocenters. The normalized spacial score (nSPS) is 10.5. The minimum absolute atomic E-state index is 0.0138. The first-order valence-corrected chi connectivity index (χ1v) is 6.06. The van der Waals surface area contributed by atoms with Gasteiger partial charge in [-0.1, -0.05) is 35.9 Å². The quantitative estimate of drug-likeness (QED) is 0.820. The van der Waals surface area contributed by atoms with Crippen LogP contribution in [0.1, 0.15) is 16.7 Å². The summed E-state index contributed by atoms with van der Waals surface area (Å²) in [6, 6.07) is 10.9. The molecule has 98 valence electrons. The van der Waals surface area contributed by atoms with Gasteiger partial charge in [-0.15, -0.1) is 0 Å². The van der Waals surface area contributed by atoms with Crippen molar-refractivity contribution < 1.29 is 13.6 Å². The van der Waals surface area contributed by atoms with Gasteiger partial charge >= 0.3 is 0 Å². The molecule has 0 saturated heterocycles. The molecule has 2 rings (SSSR count). The van der Waals surface area contributed by atoms with Gasteiger partial charge in [-0.3, -0.25) is 4.79 Å². The van der Waals surface area contributed by atoms with E-state index in [1.54, 1.807) is 0 Å². The average molecular weight is 260 g/mol. The zero-order chi connectivity index (χ0) is 13.8. The molecule has 0 aliphatic rings. The lowest BCUT2D eigenvalue weighted by Gasteiger charge is -2.04. The minimum atomic E-state index is -0.669. The Morgan fingerprint density at radius 1 is 1.05 bits per heavy atom. The first kappa shape index (κ1) is 13.4. The molecule has 2 aromatic carbocycles. The number of carbonyl (C=O) groups is 1. The minimum Gasteiger partial charge on any atom is -0.299 e. The molecular weight excluding hydrogens is 246 g/mol. The highest BCUT2D eigenvalue weighted by Gasteiger charge is 2.10. The Balaban J connectivity index is 2.05. The van der Waals surface area contributed by atoms with Gasteiger partial charge in [-0.05, 0) is 24.1 Å². The van der Waals surface area contributed by atoms with Crippen LogP contribution in [0.25, 0.3) is 0 Å². The first-order chi connectivity index (χ1) is 9.04. The van der Waals surface area contributed by atoms with Gasteiger partial charge in [0.25, 0.3) is 0 Å². The molecule has 0 N–H and O–H groups in total. The number of hydrogen-bond acceptors (Lipinski definition) is 1. The maximum Gasteiger partial charge on any atom is 0.141 e. The van der Waals surface area contributed by atoms with Gasteiger partial charge in [0.15, 0.2) is 0 Å². The van der Waals surface area contributed by atoms with Crippen molar-refractivity contribution in [2.45, 2.75) is 19.8 Å². The van der Waals surface area contributed by atoms with Crippen molar-refractivity contribution >= 4 is 5.78 Å². The summed E-state index contributed by atoms with van der Waals surface area (Å²) < 4.78 is 26.2. The molecule has 0 aliphatic carbocycles. The molecule has 3 heteroatoms. The van der Waals surface area contributed by atoms with Gasteiger partial charge in [0, 0.05) is 18.9 Å². The fraction of sp³-hybridized carbons (Fsp3) is 0.188. The van der Waals surface area contributed by atoms with E-state index in [0.29, 0.717) is 0 Å². The van der Waals surface area contributed by atoms with Crippen LogP contribution < -0.4 is 0 Å². The lowest BCUT2D eigenvalue weighted by molar-refractivity contribution is -0.117. The summed E-state index contributed by atoms with van der Waals surface area (Å²) in [5.74, 6) is -1.39. The van der Waals surface area contributed by atoms with Gasteiger partial charge in [0.1, 0.15) is 17.4 Å². The zero-order valence-corrected chi connectivity index (χ0v) is 10.6. The number of ketones is 1. The van der Waals surface area contributed by atoms with Gasteiger partial charge in [-0.25, -0.2) is 8.78 Å². The smallest absolute Gasteiger partial charge is 0.141 e. The second-order valence-electron chi connectivity index (χ2n) is 4.62. The van der Waals surface area contributed by atoms with E-state index < -0.39 is 11.6 Å². The summed E-state index contributed by atoms with van der Waals surface area (Å²) in [7, 11) is 0. The molecule has 0 radical (unpaired) electrons. The van der Waals surface area contributed by atoms with Crippen LogP contribution in [0.3, 0.4) is 0 Å². The molecule has 0 amide bonds. The van der Waals surface area contributed by atoms with Crippen molar-refractivity contribution in [2.24, 2.45) is 0 Å². The monoisotopic (exact) mass is 260 g/mol. The molecule has 0 fully saturated rings. The van der Waals surface area contributed by atoms with Crippen LogP contribution in [0.4, 0.5) is 8.78 Å². The molecule has 0 saturated carbocycles. The number of hydrogen-bond donors (Lipinski definition) is 0. The van der Waals surface area contributed by atoms with Crippen LogP contribution in [-0.2, 0) is 17.6 Å². The molecule has 1 nitrogen and oxygen atoms in total. The number of halogens is 2. The van der Waals surface area contributed by atoms with Crippen LogP contribution in [0.5, 0.6) is 0 Å². The van der Waals surface area contributed by atoms with Crippen LogP contribution in [-0.4, -0.2) is 5.78 Å². The van der Waals surface area contributed by atoms with Crippen molar-refractivity contribution in [2.75, 3.05) is 0 Å². The first-order valence-electron chi connectivity index (χ1n) is 6.06. The summed E-state index contributed by atoms with van der Waals surface area (Å²) in [6.45, 7) is 1.95. The van der Waals surface area contributed by atoms with E-state index in [-0.39, 0.29) is 24.2 Å². The van der Waals surface area contributed by atoms with Gasteiger partial charge in [0.2, 0.25) is 0 Å². The lowest BCUT2D eigenvalue weighted by Crippen LogP contribution is -2.08. The summed E-state index contributed by atoms with van der Waals surface area (Å²) in [5, 5.41) is 0. The summed E-state index contributed by atoms with van der Waals surface area (Å²) in [6.07, 6.45) is 0.249. The number of carbonyl (C=O) groups excluding carboxylic acids is 1. The molecule has 0 atom stereocenters. The Labute approximate surface area is 110 Å². The van der Waals surface area contributed by atoms with E-state index in [4.69, 9.17) is 0 Å². The Hall–Kier alpha value is -2.03. The molecular formula is C16H14F2O. The maximum absolute atomic E-state index is 13.4. The van der Waals surface area contributed by atoms with E-state index in [1.807, 2.05) is 31.2 Å². The van der Waals surface area contributed by atoms with E-state index in [1.165, 1.54) is 12.1 Å². The Kier molecular flexibility index (Phi) is 4.05. The Morgan fingerprint density at radius 3 is 2.53 bits per heavy atom. The van der Waals surface area contributed by atoms with Crippen LogP contribution in [0.15, 0.2) is 42.5 Å². The van der Waals surface area contributed by atoms with Crippen LogP contribution >= 0.6 is 0 Å². The van der Waals surface area contributed by atoms with E-state index >= 15 is 0 Å². The Bertz CT molecular complexity index is 605. The second kappa shape index (κ2) is 5.74. The fourth-order valence-corrected chi connectivity index (χ4v) is 1.99. The summed E-state index contributed by atoms with van der Waals surface area (Å²) in [5.41, 5.74) is 2.23. The zero-order valence-electron chi connectivity index (χ0n) is 10.6. The second-order valence-corrected chi connectivity index (χ2v) is 4.62. The van der Waals surface area contributed by atoms with E-state index in [2.05, 4.69) is 0 Å². The highest BCUT2D eigenvalue weighted by Crippen LogP contribution is 2.12. The third-order valence-corrected chi connectivity index (χ3v) is 2.89. The predicted octanol–water partition coefficient (Wildman–Crippen LogP) is 3.63. The van der Waals surface area contributed by atoms with Crippen LogP contribution in [0.2, 0.25) is 0 Å². The molecule has 0 bridgehead atoms. The SMILES string of the molecule is Cc1cccc(CC(=O)Cc2ccc(F)cc2F)c1. The summed E-state index contributed by atoms with van der Waals surface area (Å²) >= 11 is 0. The molecule has 0 spiro atoms. The fourth-order valence-electron chi connectivity index (χ4n) is 1.99. The molecule has 0 aliphatic heterocycles. The largest absolute Gasteiger partial charge is 0.299 e. The number of benzene rings is 2. The third kappa shape index (κ3) is 3.71. The number of aryl methyl sites for hydroxylation is 1. The molecule has 2 aromatic rings. The van der Waals surface area contributed by atoms with E-state index in [9.17, 15) is 13.6 Å². The van der Waals surface area contributed by atoms with Crippen molar-refractivity contribution in [1.82, 2.24) is 0 Å². The number of Topliss-reactive ketones (excluding diaryl/α,β-unsaturated/α-hetero) is 1. The third-order valence-electron chi connectivity index (χ3n) is 2.89. The standard InChI is InChI=1S/C16H14F2O/c1-11-3-2-4-12(7-11)8-15(19)9-13-5-6-14(17)10-16(13)18/h2-7,10H,8-9H2,1H3.